The summed E-state index contributed by atoms with van der Waals surface area (Å²) in [7, 11) is 0. The number of hydrogen-bond acceptors (Lipinski definition) is 3. The first-order valence-electron chi connectivity index (χ1n) is 4.14. The molecule has 0 aromatic carbocycles. The van der Waals surface area contributed by atoms with Crippen molar-refractivity contribution in [2.45, 2.75) is 19.4 Å². The first-order chi connectivity index (χ1) is 5.90. The van der Waals surface area contributed by atoms with Crippen molar-refractivity contribution >= 4 is 0 Å². The highest BCUT2D eigenvalue weighted by Gasteiger charge is 2.19. The first-order valence-corrected chi connectivity index (χ1v) is 4.14. The molecule has 0 unspecified atom stereocenters. The van der Waals surface area contributed by atoms with Gasteiger partial charge in [0.25, 0.3) is 5.88 Å². The second-order valence-electron chi connectivity index (χ2n) is 2.77. The van der Waals surface area contributed by atoms with E-state index in [1.54, 1.807) is 6.20 Å². The Morgan fingerprint density at radius 2 is 2.58 bits per heavy atom. The van der Waals surface area contributed by atoms with E-state index >= 15 is 0 Å². The standard InChI is InChI=1S/C9H11NO2/c1-2-7-6-11-8-4-3-5-10-9(8)12-7/h3-5,7H,2,6H2,1H3/t7-/m1/s1. The lowest BCUT2D eigenvalue weighted by Crippen LogP contribution is -2.28. The van der Waals surface area contributed by atoms with Crippen LogP contribution in [-0.4, -0.2) is 17.7 Å². The number of pyridine rings is 1. The number of nitrogens with zero attached hydrogens (tertiary/aromatic N) is 1. The minimum atomic E-state index is 0.160. The van der Waals surface area contributed by atoms with Crippen molar-refractivity contribution in [2.24, 2.45) is 0 Å². The van der Waals surface area contributed by atoms with E-state index in [9.17, 15) is 0 Å². The summed E-state index contributed by atoms with van der Waals surface area (Å²) in [5.74, 6) is 1.37. The molecule has 0 bridgehead atoms. The third-order valence-electron chi connectivity index (χ3n) is 1.89. The molecule has 1 aliphatic heterocycles. The molecule has 0 spiro atoms. The average molecular weight is 165 g/mol. The molecule has 3 heteroatoms. The monoisotopic (exact) mass is 165 g/mol. The predicted octanol–water partition coefficient (Wildman–Crippen LogP) is 1.63. The van der Waals surface area contributed by atoms with Crippen LogP contribution in [0.2, 0.25) is 0 Å². The molecule has 0 saturated carbocycles. The highest BCUT2D eigenvalue weighted by atomic mass is 16.6. The van der Waals surface area contributed by atoms with Crippen molar-refractivity contribution < 1.29 is 9.47 Å². The Morgan fingerprint density at radius 1 is 1.67 bits per heavy atom. The van der Waals surface area contributed by atoms with Crippen LogP contribution in [0.5, 0.6) is 11.6 Å². The maximum absolute atomic E-state index is 5.54. The van der Waals surface area contributed by atoms with Crippen molar-refractivity contribution in [3.63, 3.8) is 0 Å². The van der Waals surface area contributed by atoms with Crippen molar-refractivity contribution in [2.75, 3.05) is 6.61 Å². The van der Waals surface area contributed by atoms with E-state index in [1.807, 2.05) is 12.1 Å². The number of fused-ring (bicyclic) bond motifs is 1. The minimum absolute atomic E-state index is 0.160. The van der Waals surface area contributed by atoms with E-state index in [0.29, 0.717) is 12.5 Å². The Morgan fingerprint density at radius 3 is 3.42 bits per heavy atom. The second kappa shape index (κ2) is 3.01. The molecule has 12 heavy (non-hydrogen) atoms. The van der Waals surface area contributed by atoms with Crippen molar-refractivity contribution in [1.29, 1.82) is 0 Å². The quantitative estimate of drug-likeness (QED) is 0.633. The van der Waals surface area contributed by atoms with E-state index in [-0.39, 0.29) is 6.10 Å². The summed E-state index contributed by atoms with van der Waals surface area (Å²) >= 11 is 0. The summed E-state index contributed by atoms with van der Waals surface area (Å²) in [6.45, 7) is 2.71. The van der Waals surface area contributed by atoms with Crippen molar-refractivity contribution in [3.05, 3.63) is 18.3 Å². The van der Waals surface area contributed by atoms with Gasteiger partial charge in [-0.3, -0.25) is 0 Å². The van der Waals surface area contributed by atoms with Crippen LogP contribution in [0.3, 0.4) is 0 Å². The molecule has 1 aromatic rings. The lowest BCUT2D eigenvalue weighted by molar-refractivity contribution is 0.0825. The zero-order chi connectivity index (χ0) is 8.39. The van der Waals surface area contributed by atoms with E-state index in [4.69, 9.17) is 9.47 Å². The zero-order valence-electron chi connectivity index (χ0n) is 6.99. The molecule has 0 saturated heterocycles. The molecule has 0 amide bonds. The summed E-state index contributed by atoms with van der Waals surface area (Å²) in [5, 5.41) is 0. The van der Waals surface area contributed by atoms with Gasteiger partial charge < -0.3 is 9.47 Å². The van der Waals surface area contributed by atoms with Crippen LogP contribution >= 0.6 is 0 Å². The van der Waals surface area contributed by atoms with Crippen LogP contribution < -0.4 is 9.47 Å². The molecule has 0 fully saturated rings. The van der Waals surface area contributed by atoms with Crippen LogP contribution in [0.25, 0.3) is 0 Å². The van der Waals surface area contributed by atoms with Gasteiger partial charge in [0.05, 0.1) is 0 Å². The van der Waals surface area contributed by atoms with Crippen LogP contribution in [0.1, 0.15) is 13.3 Å². The summed E-state index contributed by atoms with van der Waals surface area (Å²) in [6, 6.07) is 3.71. The number of rotatable bonds is 1. The highest BCUT2D eigenvalue weighted by Crippen LogP contribution is 2.28. The van der Waals surface area contributed by atoms with Gasteiger partial charge in [0.1, 0.15) is 12.7 Å². The number of aromatic nitrogens is 1. The predicted molar refractivity (Wildman–Crippen MR) is 44.4 cm³/mol. The van der Waals surface area contributed by atoms with Gasteiger partial charge in [0.15, 0.2) is 5.75 Å². The maximum Gasteiger partial charge on any atom is 0.257 e. The van der Waals surface area contributed by atoms with Gasteiger partial charge in [-0.2, -0.15) is 0 Å². The Hall–Kier alpha value is -1.25. The fourth-order valence-corrected chi connectivity index (χ4v) is 1.15. The van der Waals surface area contributed by atoms with Crippen molar-refractivity contribution in [1.82, 2.24) is 4.98 Å². The molecule has 64 valence electrons. The third kappa shape index (κ3) is 1.22. The normalized spacial score (nSPS) is 20.6. The topological polar surface area (TPSA) is 31.4 Å². The fraction of sp³-hybridized carbons (Fsp3) is 0.444. The molecule has 0 aliphatic carbocycles. The van der Waals surface area contributed by atoms with Gasteiger partial charge in [0.2, 0.25) is 0 Å². The van der Waals surface area contributed by atoms with Crippen LogP contribution in [-0.2, 0) is 0 Å². The van der Waals surface area contributed by atoms with Gasteiger partial charge >= 0.3 is 0 Å². The van der Waals surface area contributed by atoms with Gasteiger partial charge in [-0.1, -0.05) is 6.92 Å². The molecule has 2 rings (SSSR count). The smallest absolute Gasteiger partial charge is 0.257 e. The maximum atomic E-state index is 5.54. The Labute approximate surface area is 71.3 Å². The molecule has 0 N–H and O–H groups in total. The Bertz CT molecular complexity index is 275. The summed E-state index contributed by atoms with van der Waals surface area (Å²) in [5.41, 5.74) is 0. The number of ether oxygens (including phenoxy) is 2. The Balaban J connectivity index is 2.23. The number of hydrogen-bond donors (Lipinski definition) is 0. The lowest BCUT2D eigenvalue weighted by Gasteiger charge is -2.24. The van der Waals surface area contributed by atoms with Gasteiger partial charge in [-0.25, -0.2) is 4.98 Å². The van der Waals surface area contributed by atoms with E-state index in [2.05, 4.69) is 11.9 Å². The molecule has 3 nitrogen and oxygen atoms in total. The average Bonchev–Trinajstić information content (AvgIpc) is 2.17. The van der Waals surface area contributed by atoms with E-state index in [0.717, 1.165) is 12.2 Å². The summed E-state index contributed by atoms with van der Waals surface area (Å²) in [4.78, 5) is 4.07. The summed E-state index contributed by atoms with van der Waals surface area (Å²) < 4.78 is 11.0. The largest absolute Gasteiger partial charge is 0.484 e. The third-order valence-corrected chi connectivity index (χ3v) is 1.89. The molecule has 1 atom stereocenters. The van der Waals surface area contributed by atoms with Gasteiger partial charge in [0, 0.05) is 6.20 Å². The van der Waals surface area contributed by atoms with Crippen LogP contribution in [0.4, 0.5) is 0 Å². The molecular weight excluding hydrogens is 154 g/mol. The molecule has 0 radical (unpaired) electrons. The van der Waals surface area contributed by atoms with Crippen LogP contribution in [0.15, 0.2) is 18.3 Å². The van der Waals surface area contributed by atoms with E-state index in [1.165, 1.54) is 0 Å². The highest BCUT2D eigenvalue weighted by molar-refractivity contribution is 5.33. The van der Waals surface area contributed by atoms with Crippen LogP contribution in [0, 0.1) is 0 Å². The lowest BCUT2D eigenvalue weighted by atomic mass is 10.3. The minimum Gasteiger partial charge on any atom is -0.484 e. The van der Waals surface area contributed by atoms with Crippen molar-refractivity contribution in [3.8, 4) is 11.6 Å². The zero-order valence-corrected chi connectivity index (χ0v) is 6.99. The molecular formula is C9H11NO2. The Kier molecular flexibility index (Phi) is 1.86. The van der Waals surface area contributed by atoms with E-state index < -0.39 is 0 Å². The molecule has 1 aliphatic rings. The van der Waals surface area contributed by atoms with Gasteiger partial charge in [-0.05, 0) is 18.6 Å². The second-order valence-corrected chi connectivity index (χ2v) is 2.77. The SMILES string of the molecule is CC[C@@H]1COc2cccnc2O1. The van der Waals surface area contributed by atoms with Gasteiger partial charge in [-0.15, -0.1) is 0 Å². The summed E-state index contributed by atoms with van der Waals surface area (Å²) in [6.07, 6.45) is 2.82. The molecule has 2 heterocycles. The fourth-order valence-electron chi connectivity index (χ4n) is 1.15. The molecule has 1 aromatic heterocycles. The first kappa shape index (κ1) is 7.40.